The molecule has 6 nitrogen and oxygen atoms in total. The van der Waals surface area contributed by atoms with Crippen molar-refractivity contribution < 1.29 is 24.2 Å². The fraction of sp³-hybridized carbons (Fsp3) is 0.375. The SMILES string of the molecule is Cc1ccc(COc2ccc(OCCCCCCCc3ccc(C(=O)NCCC(=O)O)cc3)cc2)cc1C. The lowest BCUT2D eigenvalue weighted by Gasteiger charge is -2.10. The Morgan fingerprint density at radius 2 is 1.37 bits per heavy atom. The van der Waals surface area contributed by atoms with Crippen molar-refractivity contribution in [3.63, 3.8) is 0 Å². The van der Waals surface area contributed by atoms with Crippen molar-refractivity contribution in [1.29, 1.82) is 0 Å². The number of nitrogens with one attached hydrogen (secondary N) is 1. The summed E-state index contributed by atoms with van der Waals surface area (Å²) in [6.45, 7) is 5.63. The van der Waals surface area contributed by atoms with Crippen LogP contribution in [0.25, 0.3) is 0 Å². The lowest BCUT2D eigenvalue weighted by atomic mass is 10.0. The quantitative estimate of drug-likeness (QED) is 0.208. The molecule has 0 heterocycles. The molecule has 202 valence electrons. The van der Waals surface area contributed by atoms with Gasteiger partial charge in [0.2, 0.25) is 0 Å². The van der Waals surface area contributed by atoms with E-state index in [1.54, 1.807) is 12.1 Å². The zero-order valence-corrected chi connectivity index (χ0v) is 22.5. The van der Waals surface area contributed by atoms with E-state index < -0.39 is 5.97 Å². The molecule has 0 spiro atoms. The van der Waals surface area contributed by atoms with Crippen LogP contribution in [0.3, 0.4) is 0 Å². The highest BCUT2D eigenvalue weighted by atomic mass is 16.5. The van der Waals surface area contributed by atoms with Gasteiger partial charge in [0, 0.05) is 12.1 Å². The maximum Gasteiger partial charge on any atom is 0.305 e. The van der Waals surface area contributed by atoms with Gasteiger partial charge in [-0.2, -0.15) is 0 Å². The van der Waals surface area contributed by atoms with E-state index in [-0.39, 0.29) is 18.9 Å². The highest BCUT2D eigenvalue weighted by molar-refractivity contribution is 5.94. The van der Waals surface area contributed by atoms with E-state index in [4.69, 9.17) is 14.6 Å². The predicted molar refractivity (Wildman–Crippen MR) is 150 cm³/mol. The number of carbonyl (C=O) groups excluding carboxylic acids is 1. The van der Waals surface area contributed by atoms with E-state index in [1.807, 2.05) is 36.4 Å². The number of carbonyl (C=O) groups is 2. The second-order valence-electron chi connectivity index (χ2n) is 9.64. The molecule has 2 N–H and O–H groups in total. The van der Waals surface area contributed by atoms with Gasteiger partial charge in [0.25, 0.3) is 5.91 Å². The minimum atomic E-state index is -0.922. The summed E-state index contributed by atoms with van der Waals surface area (Å²) < 4.78 is 11.8. The number of rotatable bonds is 16. The third kappa shape index (κ3) is 10.3. The Hall–Kier alpha value is -3.80. The van der Waals surface area contributed by atoms with E-state index >= 15 is 0 Å². The van der Waals surface area contributed by atoms with Gasteiger partial charge < -0.3 is 19.9 Å². The summed E-state index contributed by atoms with van der Waals surface area (Å²) in [7, 11) is 0. The van der Waals surface area contributed by atoms with E-state index in [9.17, 15) is 9.59 Å². The molecule has 0 fully saturated rings. The van der Waals surface area contributed by atoms with Gasteiger partial charge in [-0.1, -0.05) is 49.6 Å². The lowest BCUT2D eigenvalue weighted by Crippen LogP contribution is -2.25. The first kappa shape index (κ1) is 28.8. The zero-order chi connectivity index (χ0) is 27.2. The maximum atomic E-state index is 12.0. The summed E-state index contributed by atoms with van der Waals surface area (Å²) in [5.41, 5.74) is 5.50. The third-order valence-electron chi connectivity index (χ3n) is 6.52. The largest absolute Gasteiger partial charge is 0.494 e. The highest BCUT2D eigenvalue weighted by Crippen LogP contribution is 2.20. The zero-order valence-electron chi connectivity index (χ0n) is 22.5. The number of carboxylic acids is 1. The molecular formula is C32H39NO5. The van der Waals surface area contributed by atoms with Crippen molar-refractivity contribution in [2.24, 2.45) is 0 Å². The molecule has 0 saturated heterocycles. The van der Waals surface area contributed by atoms with Crippen LogP contribution in [0.4, 0.5) is 0 Å². The Labute approximate surface area is 226 Å². The van der Waals surface area contributed by atoms with Gasteiger partial charge in [-0.3, -0.25) is 9.59 Å². The Morgan fingerprint density at radius 3 is 2.05 bits per heavy atom. The van der Waals surface area contributed by atoms with Crippen LogP contribution in [-0.2, 0) is 17.8 Å². The third-order valence-corrected chi connectivity index (χ3v) is 6.52. The Kier molecular flexibility index (Phi) is 11.7. The van der Waals surface area contributed by atoms with Crippen LogP contribution in [0, 0.1) is 13.8 Å². The monoisotopic (exact) mass is 517 g/mol. The number of hydrogen-bond donors (Lipinski definition) is 2. The highest BCUT2D eigenvalue weighted by Gasteiger charge is 2.06. The van der Waals surface area contributed by atoms with Gasteiger partial charge >= 0.3 is 5.97 Å². The lowest BCUT2D eigenvalue weighted by molar-refractivity contribution is -0.136. The van der Waals surface area contributed by atoms with Gasteiger partial charge in [0.1, 0.15) is 18.1 Å². The molecule has 1 amide bonds. The summed E-state index contributed by atoms with van der Waals surface area (Å²) in [5.74, 6) is 0.540. The number of benzene rings is 3. The van der Waals surface area contributed by atoms with E-state index in [0.717, 1.165) is 43.6 Å². The molecule has 6 heteroatoms. The normalized spacial score (nSPS) is 10.7. The van der Waals surface area contributed by atoms with Gasteiger partial charge in [0.15, 0.2) is 0 Å². The molecule has 0 aromatic heterocycles. The van der Waals surface area contributed by atoms with E-state index in [2.05, 4.69) is 37.4 Å². The molecule has 3 aromatic rings. The molecular weight excluding hydrogens is 478 g/mol. The Bertz CT molecular complexity index is 1160. The van der Waals surface area contributed by atoms with Gasteiger partial charge in [-0.05, 0) is 91.8 Å². The van der Waals surface area contributed by atoms with Crippen LogP contribution in [0.5, 0.6) is 11.5 Å². The number of ether oxygens (including phenoxy) is 2. The molecule has 0 unspecified atom stereocenters. The molecule has 0 aliphatic heterocycles. The average Bonchev–Trinajstić information content (AvgIpc) is 2.91. The second-order valence-corrected chi connectivity index (χ2v) is 9.64. The van der Waals surface area contributed by atoms with Crippen LogP contribution in [-0.4, -0.2) is 30.1 Å². The van der Waals surface area contributed by atoms with Crippen LogP contribution < -0.4 is 14.8 Å². The number of carboxylic acid groups (broad SMARTS) is 1. The molecule has 3 rings (SSSR count). The number of amides is 1. The number of unbranched alkanes of at least 4 members (excludes halogenated alkanes) is 4. The molecule has 0 aliphatic carbocycles. The number of aliphatic carboxylic acids is 1. The molecule has 0 bridgehead atoms. The summed E-state index contributed by atoms with van der Waals surface area (Å²) in [6.07, 6.45) is 6.49. The topological polar surface area (TPSA) is 84.9 Å². The van der Waals surface area contributed by atoms with Crippen LogP contribution >= 0.6 is 0 Å². The van der Waals surface area contributed by atoms with Gasteiger partial charge in [-0.15, -0.1) is 0 Å². The van der Waals surface area contributed by atoms with Crippen LogP contribution in [0.1, 0.15) is 71.1 Å². The predicted octanol–water partition coefficient (Wildman–Crippen LogP) is 6.66. The summed E-state index contributed by atoms with van der Waals surface area (Å²) >= 11 is 0. The van der Waals surface area contributed by atoms with Crippen molar-refractivity contribution in [2.45, 2.75) is 65.4 Å². The fourth-order valence-corrected chi connectivity index (χ4v) is 4.05. The summed E-state index contributed by atoms with van der Waals surface area (Å²) in [5, 5.41) is 11.3. The van der Waals surface area contributed by atoms with Crippen molar-refractivity contribution >= 4 is 11.9 Å². The molecule has 0 aliphatic rings. The van der Waals surface area contributed by atoms with Crippen molar-refractivity contribution in [3.8, 4) is 11.5 Å². The van der Waals surface area contributed by atoms with Gasteiger partial charge in [0.05, 0.1) is 13.0 Å². The molecule has 38 heavy (non-hydrogen) atoms. The van der Waals surface area contributed by atoms with Crippen LogP contribution in [0.15, 0.2) is 66.7 Å². The number of aryl methyl sites for hydroxylation is 3. The molecule has 3 aromatic carbocycles. The van der Waals surface area contributed by atoms with E-state index in [0.29, 0.717) is 18.8 Å². The molecule has 0 saturated carbocycles. The second kappa shape index (κ2) is 15.5. The van der Waals surface area contributed by atoms with Gasteiger partial charge in [-0.25, -0.2) is 0 Å². The number of hydrogen-bond acceptors (Lipinski definition) is 4. The van der Waals surface area contributed by atoms with E-state index in [1.165, 1.54) is 28.7 Å². The molecule has 0 radical (unpaired) electrons. The average molecular weight is 518 g/mol. The fourth-order valence-electron chi connectivity index (χ4n) is 4.05. The Balaban J connectivity index is 1.23. The minimum Gasteiger partial charge on any atom is -0.494 e. The first-order valence-electron chi connectivity index (χ1n) is 13.4. The maximum absolute atomic E-state index is 12.0. The summed E-state index contributed by atoms with van der Waals surface area (Å²) in [4.78, 5) is 22.5. The standard InChI is InChI=1S/C32H39NO5/c1-24-9-10-27(22-25(24)2)23-38-30-17-15-29(16-18-30)37-21-7-5-3-4-6-8-26-11-13-28(14-12-26)32(36)33-20-19-31(34)35/h9-18,22H,3-8,19-21,23H2,1-2H3,(H,33,36)(H,34,35). The summed E-state index contributed by atoms with van der Waals surface area (Å²) in [6, 6.07) is 21.8. The van der Waals surface area contributed by atoms with Crippen molar-refractivity contribution in [3.05, 3.63) is 94.5 Å². The first-order chi connectivity index (χ1) is 18.4. The minimum absolute atomic E-state index is 0.0757. The van der Waals surface area contributed by atoms with Crippen molar-refractivity contribution in [2.75, 3.05) is 13.2 Å². The Morgan fingerprint density at radius 1 is 0.737 bits per heavy atom. The first-order valence-corrected chi connectivity index (χ1v) is 13.4. The van der Waals surface area contributed by atoms with Crippen molar-refractivity contribution in [1.82, 2.24) is 5.32 Å². The smallest absolute Gasteiger partial charge is 0.305 e. The molecule has 0 atom stereocenters. The van der Waals surface area contributed by atoms with Crippen LogP contribution in [0.2, 0.25) is 0 Å².